The number of anilines is 1. The Morgan fingerprint density at radius 1 is 1.75 bits per heavy atom. The average molecular weight is 187 g/mol. The molecule has 2 N–H and O–H groups in total. The summed E-state index contributed by atoms with van der Waals surface area (Å²) in [5, 5.41) is 3.03. The van der Waals surface area contributed by atoms with E-state index in [0.29, 0.717) is 12.3 Å². The van der Waals surface area contributed by atoms with Crippen LogP contribution in [0.3, 0.4) is 0 Å². The van der Waals surface area contributed by atoms with Crippen molar-refractivity contribution < 1.29 is 4.21 Å². The summed E-state index contributed by atoms with van der Waals surface area (Å²) < 4.78 is 11.0. The maximum atomic E-state index is 11.0. The van der Waals surface area contributed by atoms with E-state index in [4.69, 9.17) is 0 Å². The van der Waals surface area contributed by atoms with Crippen LogP contribution >= 0.6 is 0 Å². The molecular formula is C7H13N3OS. The van der Waals surface area contributed by atoms with Gasteiger partial charge in [0, 0.05) is 41.2 Å². The van der Waals surface area contributed by atoms with Crippen LogP contribution < -0.4 is 5.32 Å². The summed E-state index contributed by atoms with van der Waals surface area (Å²) in [5.74, 6) is 2.14. The summed E-state index contributed by atoms with van der Waals surface area (Å²) in [6.45, 7) is 2.62. The van der Waals surface area contributed by atoms with Crippen molar-refractivity contribution >= 4 is 16.7 Å². The Bertz CT molecular complexity index is 235. The number of nitrogens with one attached hydrogen (secondary N) is 2. The molecule has 0 amide bonds. The summed E-state index contributed by atoms with van der Waals surface area (Å²) in [7, 11) is -0.693. The van der Waals surface area contributed by atoms with E-state index in [2.05, 4.69) is 15.3 Å². The molecule has 12 heavy (non-hydrogen) atoms. The van der Waals surface area contributed by atoms with E-state index >= 15 is 0 Å². The maximum Gasteiger partial charge on any atom is 0.200 e. The Kier molecular flexibility index (Phi) is 3.79. The highest BCUT2D eigenvalue weighted by atomic mass is 32.2. The zero-order valence-electron chi connectivity index (χ0n) is 7.04. The molecule has 0 radical (unpaired) electrons. The van der Waals surface area contributed by atoms with E-state index in [1.807, 2.05) is 6.92 Å². The van der Waals surface area contributed by atoms with Crippen molar-refractivity contribution in [1.29, 1.82) is 0 Å². The molecule has 0 aromatic carbocycles. The van der Waals surface area contributed by atoms with Gasteiger partial charge in [-0.05, 0) is 0 Å². The van der Waals surface area contributed by atoms with Crippen molar-refractivity contribution in [3.05, 3.63) is 12.4 Å². The van der Waals surface area contributed by atoms with E-state index in [0.717, 1.165) is 11.7 Å². The van der Waals surface area contributed by atoms with Crippen LogP contribution in [0.4, 0.5) is 5.95 Å². The van der Waals surface area contributed by atoms with Gasteiger partial charge in [-0.15, -0.1) is 0 Å². The highest BCUT2D eigenvalue weighted by Crippen LogP contribution is 1.93. The Balaban J connectivity index is 2.15. The van der Waals surface area contributed by atoms with E-state index in [1.54, 1.807) is 12.4 Å². The first-order valence-corrected chi connectivity index (χ1v) is 5.40. The number of aromatic nitrogens is 2. The minimum atomic E-state index is -0.693. The first-order valence-electron chi connectivity index (χ1n) is 3.91. The molecule has 0 saturated carbocycles. The molecule has 1 heterocycles. The molecule has 1 atom stereocenters. The van der Waals surface area contributed by atoms with Crippen LogP contribution in [0.15, 0.2) is 12.4 Å². The van der Waals surface area contributed by atoms with Crippen LogP contribution in [-0.2, 0) is 10.8 Å². The van der Waals surface area contributed by atoms with Gasteiger partial charge in [0.15, 0.2) is 5.95 Å². The fraction of sp³-hybridized carbons (Fsp3) is 0.571. The second-order valence-corrected chi connectivity index (χ2v) is 4.16. The van der Waals surface area contributed by atoms with Gasteiger partial charge in [-0.25, -0.2) is 4.98 Å². The molecule has 5 heteroatoms. The number of imidazole rings is 1. The lowest BCUT2D eigenvalue weighted by atomic mass is 10.7. The minimum Gasteiger partial charge on any atom is -0.355 e. The molecule has 68 valence electrons. The number of aromatic amines is 1. The van der Waals surface area contributed by atoms with Gasteiger partial charge in [0.2, 0.25) is 0 Å². The van der Waals surface area contributed by atoms with Crippen molar-refractivity contribution in [3.8, 4) is 0 Å². The van der Waals surface area contributed by atoms with E-state index in [-0.39, 0.29) is 0 Å². The van der Waals surface area contributed by atoms with Crippen molar-refractivity contribution in [2.45, 2.75) is 6.92 Å². The number of hydrogen-bond donors (Lipinski definition) is 2. The van der Waals surface area contributed by atoms with E-state index < -0.39 is 10.8 Å². The number of rotatable bonds is 5. The first-order chi connectivity index (χ1) is 5.83. The second kappa shape index (κ2) is 4.92. The van der Waals surface area contributed by atoms with Gasteiger partial charge in [-0.3, -0.25) is 4.21 Å². The molecular weight excluding hydrogens is 174 g/mol. The summed E-state index contributed by atoms with van der Waals surface area (Å²) >= 11 is 0. The highest BCUT2D eigenvalue weighted by molar-refractivity contribution is 7.84. The standard InChI is InChI=1S/C7H13N3OS/c1-2-12(11)6-5-10-7-8-3-4-9-7/h3-4H,2,5-6H2,1H3,(H2,8,9,10). The molecule has 0 aliphatic carbocycles. The SMILES string of the molecule is CCS(=O)CCNc1ncc[nH]1. The molecule has 1 unspecified atom stereocenters. The molecule has 0 aliphatic rings. The Morgan fingerprint density at radius 3 is 3.17 bits per heavy atom. The van der Waals surface area contributed by atoms with Gasteiger partial charge in [-0.1, -0.05) is 6.92 Å². The monoisotopic (exact) mass is 187 g/mol. The summed E-state index contributed by atoms with van der Waals surface area (Å²) in [6, 6.07) is 0. The Morgan fingerprint density at radius 2 is 2.58 bits per heavy atom. The lowest BCUT2D eigenvalue weighted by Crippen LogP contribution is -2.12. The van der Waals surface area contributed by atoms with Crippen molar-refractivity contribution in [3.63, 3.8) is 0 Å². The van der Waals surface area contributed by atoms with Gasteiger partial charge in [0.25, 0.3) is 0 Å². The van der Waals surface area contributed by atoms with Gasteiger partial charge < -0.3 is 10.3 Å². The van der Waals surface area contributed by atoms with Gasteiger partial charge in [0.05, 0.1) is 0 Å². The molecule has 0 aliphatic heterocycles. The van der Waals surface area contributed by atoms with Crippen LogP contribution in [0.1, 0.15) is 6.92 Å². The molecule has 1 aromatic heterocycles. The largest absolute Gasteiger partial charge is 0.355 e. The Labute approximate surface area is 74.2 Å². The van der Waals surface area contributed by atoms with Gasteiger partial charge in [0.1, 0.15) is 0 Å². The number of H-pyrrole nitrogens is 1. The zero-order valence-corrected chi connectivity index (χ0v) is 7.86. The fourth-order valence-electron chi connectivity index (χ4n) is 0.790. The summed E-state index contributed by atoms with van der Waals surface area (Å²) in [5.41, 5.74) is 0. The quantitative estimate of drug-likeness (QED) is 0.709. The van der Waals surface area contributed by atoms with Crippen LogP contribution in [0.25, 0.3) is 0 Å². The molecule has 0 bridgehead atoms. The molecule has 4 nitrogen and oxygen atoms in total. The van der Waals surface area contributed by atoms with Crippen LogP contribution in [0.5, 0.6) is 0 Å². The van der Waals surface area contributed by atoms with Gasteiger partial charge in [-0.2, -0.15) is 0 Å². The molecule has 1 rings (SSSR count). The van der Waals surface area contributed by atoms with Crippen molar-refractivity contribution in [2.24, 2.45) is 0 Å². The normalized spacial score (nSPS) is 12.8. The fourth-order valence-corrected chi connectivity index (χ4v) is 1.41. The minimum absolute atomic E-state index is 0.678. The van der Waals surface area contributed by atoms with Crippen LogP contribution in [0.2, 0.25) is 0 Å². The van der Waals surface area contributed by atoms with Crippen LogP contribution in [-0.4, -0.2) is 32.2 Å². The van der Waals surface area contributed by atoms with E-state index in [1.165, 1.54) is 0 Å². The maximum absolute atomic E-state index is 11.0. The van der Waals surface area contributed by atoms with Crippen molar-refractivity contribution in [2.75, 3.05) is 23.4 Å². The topological polar surface area (TPSA) is 57.8 Å². The lowest BCUT2D eigenvalue weighted by molar-refractivity contribution is 0.684. The van der Waals surface area contributed by atoms with Crippen LogP contribution in [0, 0.1) is 0 Å². The molecule has 0 fully saturated rings. The summed E-state index contributed by atoms with van der Waals surface area (Å²) in [4.78, 5) is 6.88. The Hall–Kier alpha value is -0.840. The average Bonchev–Trinajstić information content (AvgIpc) is 2.57. The predicted molar refractivity (Wildman–Crippen MR) is 50.6 cm³/mol. The second-order valence-electron chi connectivity index (χ2n) is 2.30. The highest BCUT2D eigenvalue weighted by Gasteiger charge is 1.96. The third kappa shape index (κ3) is 3.04. The zero-order chi connectivity index (χ0) is 8.81. The predicted octanol–water partition coefficient (Wildman–Crippen LogP) is 0.590. The smallest absolute Gasteiger partial charge is 0.200 e. The van der Waals surface area contributed by atoms with Gasteiger partial charge >= 0.3 is 0 Å². The summed E-state index contributed by atoms with van der Waals surface area (Å²) in [6.07, 6.45) is 3.43. The lowest BCUT2D eigenvalue weighted by Gasteiger charge is -2.00. The number of hydrogen-bond acceptors (Lipinski definition) is 3. The van der Waals surface area contributed by atoms with E-state index in [9.17, 15) is 4.21 Å². The number of nitrogens with zero attached hydrogens (tertiary/aromatic N) is 1. The first kappa shape index (κ1) is 9.25. The molecule has 0 saturated heterocycles. The third-order valence-electron chi connectivity index (χ3n) is 1.44. The molecule has 0 spiro atoms. The third-order valence-corrected chi connectivity index (χ3v) is 2.75. The molecule has 1 aromatic rings. The van der Waals surface area contributed by atoms with Crippen molar-refractivity contribution in [1.82, 2.24) is 9.97 Å².